The Morgan fingerprint density at radius 3 is 2.15 bits per heavy atom. The molecule has 5 heterocycles. The van der Waals surface area contributed by atoms with Crippen LogP contribution < -0.4 is 15.5 Å². The third-order valence-electron chi connectivity index (χ3n) is 10.4. The Morgan fingerprint density at radius 1 is 0.870 bits per heavy atom. The van der Waals surface area contributed by atoms with Gasteiger partial charge in [-0.2, -0.15) is 0 Å². The minimum absolute atomic E-state index is 0.0177. The zero-order valence-electron chi connectivity index (χ0n) is 25.7. The van der Waals surface area contributed by atoms with Crippen molar-refractivity contribution in [2.45, 2.75) is 68.7 Å². The molecule has 1 aliphatic carbocycles. The first-order chi connectivity index (χ1) is 22.1. The molecule has 0 aromatic heterocycles. The molecule has 1 atom stereocenters. The molecule has 14 heteroatoms. The number of likely N-dealkylation sites (tertiary alicyclic amines) is 1. The predicted molar refractivity (Wildman–Crippen MR) is 166 cm³/mol. The van der Waals surface area contributed by atoms with Crippen LogP contribution >= 0.6 is 0 Å². The summed E-state index contributed by atoms with van der Waals surface area (Å²) in [7, 11) is -3.32. The third-order valence-corrected chi connectivity index (χ3v) is 12.8. The Labute approximate surface area is 267 Å². The van der Waals surface area contributed by atoms with E-state index < -0.39 is 45.5 Å². The summed E-state index contributed by atoms with van der Waals surface area (Å²) in [5.41, 5.74) is 4.32. The number of halogens is 1. The molecule has 0 bridgehead atoms. The van der Waals surface area contributed by atoms with Crippen molar-refractivity contribution in [1.29, 1.82) is 0 Å². The highest BCUT2D eigenvalue weighted by molar-refractivity contribution is 7.89. The molecule has 2 N–H and O–H groups in total. The maximum atomic E-state index is 15.3. The molecule has 7 rings (SSSR count). The Morgan fingerprint density at radius 2 is 1.52 bits per heavy atom. The van der Waals surface area contributed by atoms with Crippen molar-refractivity contribution in [2.24, 2.45) is 5.92 Å². The summed E-state index contributed by atoms with van der Waals surface area (Å²) in [5, 5.41) is 5.21. The van der Waals surface area contributed by atoms with E-state index in [0.29, 0.717) is 51.0 Å². The van der Waals surface area contributed by atoms with E-state index in [1.165, 1.54) is 6.07 Å². The third kappa shape index (κ3) is 5.99. The highest BCUT2D eigenvalue weighted by atomic mass is 32.2. The molecule has 5 aliphatic heterocycles. The van der Waals surface area contributed by atoms with Gasteiger partial charge >= 0.3 is 0 Å². The Bertz CT molecular complexity index is 1630. The van der Waals surface area contributed by atoms with Gasteiger partial charge < -0.3 is 15.1 Å². The van der Waals surface area contributed by atoms with Crippen molar-refractivity contribution >= 4 is 39.3 Å². The summed E-state index contributed by atoms with van der Waals surface area (Å²) in [5.74, 6) is -2.74. The summed E-state index contributed by atoms with van der Waals surface area (Å²) >= 11 is 0. The van der Waals surface area contributed by atoms with Gasteiger partial charge in [-0.1, -0.05) is 5.73 Å². The number of benzene rings is 1. The van der Waals surface area contributed by atoms with Gasteiger partial charge in [0, 0.05) is 51.3 Å². The van der Waals surface area contributed by atoms with Crippen LogP contribution in [0, 0.1) is 11.7 Å². The largest absolute Gasteiger partial charge is 0.375 e. The van der Waals surface area contributed by atoms with Gasteiger partial charge in [0.2, 0.25) is 21.8 Å². The van der Waals surface area contributed by atoms with Crippen LogP contribution in [0.1, 0.15) is 72.1 Å². The average Bonchev–Trinajstić information content (AvgIpc) is 3.83. The lowest BCUT2D eigenvalue weighted by Gasteiger charge is -2.40. The zero-order valence-corrected chi connectivity index (χ0v) is 26.5. The molecule has 0 radical (unpaired) electrons. The van der Waals surface area contributed by atoms with E-state index in [-0.39, 0.29) is 34.9 Å². The average molecular weight is 655 g/mol. The van der Waals surface area contributed by atoms with Gasteiger partial charge in [-0.25, -0.2) is 17.1 Å². The molecule has 246 valence electrons. The SMILES string of the molecule is O=C1CCC(N2C(=O)c3cc(F)c(N4CCC(CN5CCC(S(=O)(=O)N6CCC(NC7=C=C7)CC6)CC5)CC4)cc3C2=O)C(=O)N1. The minimum Gasteiger partial charge on any atom is -0.375 e. The van der Waals surface area contributed by atoms with Crippen LogP contribution in [0.25, 0.3) is 0 Å². The molecule has 1 aromatic rings. The monoisotopic (exact) mass is 654 g/mol. The number of anilines is 1. The van der Waals surface area contributed by atoms with Crippen LogP contribution in [0.15, 0.2) is 29.6 Å². The number of nitrogens with one attached hydrogen (secondary N) is 2. The number of carbonyl (C=O) groups is 4. The van der Waals surface area contributed by atoms with Gasteiger partial charge in [-0.05, 0) is 76.1 Å². The summed E-state index contributed by atoms with van der Waals surface area (Å²) in [6.45, 7) is 4.62. The standard InChI is InChI=1S/C32H39FN6O6S/c33-26-17-24-25(32(43)39(31(24)42)27-3-4-29(40)35-30(27)41)18-28(26)37-13-5-20(6-14-37)19-36-11-9-23(10-12-36)46(44,45)38-15-7-22(8-16-38)34-21-1-2-21/h1,17-18,20,22-23,27,34H,3-16,19H2,(H,35,40,41). The summed E-state index contributed by atoms with van der Waals surface area (Å²) < 4.78 is 43.7. The van der Waals surface area contributed by atoms with E-state index in [0.717, 1.165) is 62.0 Å². The molecule has 1 unspecified atom stereocenters. The van der Waals surface area contributed by atoms with E-state index in [1.807, 2.05) is 11.0 Å². The molecule has 4 saturated heterocycles. The van der Waals surface area contributed by atoms with Gasteiger partial charge in [0.05, 0.1) is 27.8 Å². The van der Waals surface area contributed by atoms with Crippen LogP contribution in [0.4, 0.5) is 10.1 Å². The first kappa shape index (κ1) is 31.0. The number of sulfonamides is 1. The van der Waals surface area contributed by atoms with E-state index in [2.05, 4.69) is 21.3 Å². The van der Waals surface area contributed by atoms with Crippen LogP contribution in [0.3, 0.4) is 0 Å². The molecule has 1 aromatic carbocycles. The molecule has 4 fully saturated rings. The number of imide groups is 2. The molecule has 4 amide bonds. The normalized spacial score (nSPS) is 25.6. The fraction of sp³-hybridized carbons (Fsp3) is 0.594. The first-order valence-electron chi connectivity index (χ1n) is 16.3. The van der Waals surface area contributed by atoms with Crippen molar-refractivity contribution in [2.75, 3.05) is 50.7 Å². The maximum absolute atomic E-state index is 15.3. The second kappa shape index (κ2) is 12.2. The number of hydrogen-bond acceptors (Lipinski definition) is 9. The Balaban J connectivity index is 0.899. The second-order valence-electron chi connectivity index (χ2n) is 13.3. The fourth-order valence-corrected chi connectivity index (χ4v) is 9.59. The maximum Gasteiger partial charge on any atom is 0.262 e. The van der Waals surface area contributed by atoms with Crippen LogP contribution in [0.5, 0.6) is 0 Å². The second-order valence-corrected chi connectivity index (χ2v) is 15.5. The number of nitrogens with zero attached hydrogens (tertiary/aromatic N) is 4. The number of piperidine rings is 4. The lowest BCUT2D eigenvalue weighted by Crippen LogP contribution is -2.54. The predicted octanol–water partition coefficient (Wildman–Crippen LogP) is 1.34. The topological polar surface area (TPSA) is 139 Å². The molecular weight excluding hydrogens is 615 g/mol. The lowest BCUT2D eigenvalue weighted by atomic mass is 9.94. The van der Waals surface area contributed by atoms with Crippen molar-refractivity contribution < 1.29 is 32.0 Å². The number of fused-ring (bicyclic) bond motifs is 1. The number of hydrogen-bond donors (Lipinski definition) is 2. The molecular formula is C32H39FN6O6S. The van der Waals surface area contributed by atoms with Crippen LogP contribution in [0.2, 0.25) is 0 Å². The van der Waals surface area contributed by atoms with Crippen molar-refractivity contribution in [1.82, 2.24) is 24.7 Å². The summed E-state index contributed by atoms with van der Waals surface area (Å²) in [6.07, 6.45) is 6.46. The molecule has 0 spiro atoms. The zero-order chi connectivity index (χ0) is 32.2. The van der Waals surface area contributed by atoms with Crippen LogP contribution in [-0.2, 0) is 19.6 Å². The molecule has 46 heavy (non-hydrogen) atoms. The van der Waals surface area contributed by atoms with E-state index in [9.17, 15) is 27.6 Å². The van der Waals surface area contributed by atoms with Gasteiger partial charge in [-0.3, -0.25) is 29.4 Å². The smallest absolute Gasteiger partial charge is 0.262 e. The van der Waals surface area contributed by atoms with Gasteiger partial charge in [-0.15, -0.1) is 0 Å². The van der Waals surface area contributed by atoms with E-state index >= 15 is 4.39 Å². The molecule has 0 saturated carbocycles. The van der Waals surface area contributed by atoms with Crippen molar-refractivity contribution in [3.8, 4) is 0 Å². The minimum atomic E-state index is -3.32. The summed E-state index contributed by atoms with van der Waals surface area (Å²) in [6, 6.07) is 1.72. The van der Waals surface area contributed by atoms with Crippen LogP contribution in [-0.4, -0.2) is 109 Å². The lowest BCUT2D eigenvalue weighted by molar-refractivity contribution is -0.136. The molecule has 6 aliphatic rings. The van der Waals surface area contributed by atoms with Gasteiger partial charge in [0.1, 0.15) is 11.9 Å². The summed E-state index contributed by atoms with van der Waals surface area (Å²) in [4.78, 5) is 55.2. The highest BCUT2D eigenvalue weighted by Gasteiger charge is 2.45. The van der Waals surface area contributed by atoms with Gasteiger partial charge in [0.15, 0.2) is 0 Å². The fourth-order valence-electron chi connectivity index (χ4n) is 7.64. The highest BCUT2D eigenvalue weighted by Crippen LogP contribution is 2.35. The first-order valence-corrected chi connectivity index (χ1v) is 17.8. The van der Waals surface area contributed by atoms with Crippen molar-refractivity contribution in [3.63, 3.8) is 0 Å². The number of rotatable bonds is 8. The Hall–Kier alpha value is -3.58. The number of amides is 4. The Kier molecular flexibility index (Phi) is 8.25. The van der Waals surface area contributed by atoms with Crippen molar-refractivity contribution in [3.05, 3.63) is 46.6 Å². The molecule has 12 nitrogen and oxygen atoms in total. The van der Waals surface area contributed by atoms with Gasteiger partial charge in [0.25, 0.3) is 11.8 Å². The van der Waals surface area contributed by atoms with E-state index in [1.54, 1.807) is 4.31 Å². The quantitative estimate of drug-likeness (QED) is 0.314. The number of carbonyl (C=O) groups excluding carboxylic acids is 4. The van der Waals surface area contributed by atoms with E-state index in [4.69, 9.17) is 0 Å².